The number of aryl methyl sites for hydroxylation is 1. The molecular weight excluding hydrogens is 216 g/mol. The zero-order valence-corrected chi connectivity index (χ0v) is 10.1. The Morgan fingerprint density at radius 2 is 2.07 bits per heavy atom. The van der Waals surface area contributed by atoms with Crippen molar-refractivity contribution in [3.63, 3.8) is 0 Å². The predicted octanol–water partition coefficient (Wildman–Crippen LogP) is 0.277. The van der Waals surface area contributed by atoms with Gasteiger partial charge in [0.15, 0.2) is 9.84 Å². The standard InChI is InChI=1S/C9H16N2O3S/c1-9(2,15(4,13)14)8(12)7-5-6-10-11(7)3/h5-6,8,12H,1-4H3. The molecule has 1 unspecified atom stereocenters. The Labute approximate surface area is 89.6 Å². The third-order valence-corrected chi connectivity index (χ3v) is 4.89. The molecule has 0 fully saturated rings. The van der Waals surface area contributed by atoms with Gasteiger partial charge >= 0.3 is 0 Å². The summed E-state index contributed by atoms with van der Waals surface area (Å²) in [6.07, 6.45) is 1.56. The van der Waals surface area contributed by atoms with Crippen molar-refractivity contribution in [2.75, 3.05) is 6.26 Å². The van der Waals surface area contributed by atoms with Crippen LogP contribution in [0.15, 0.2) is 12.3 Å². The van der Waals surface area contributed by atoms with Crippen LogP contribution in [0.2, 0.25) is 0 Å². The number of hydrogen-bond acceptors (Lipinski definition) is 4. The average molecular weight is 232 g/mol. The zero-order valence-electron chi connectivity index (χ0n) is 9.30. The first-order valence-corrected chi connectivity index (χ1v) is 6.42. The van der Waals surface area contributed by atoms with Gasteiger partial charge in [0, 0.05) is 19.5 Å². The third-order valence-electron chi connectivity index (χ3n) is 2.75. The van der Waals surface area contributed by atoms with Gasteiger partial charge < -0.3 is 5.11 Å². The summed E-state index contributed by atoms with van der Waals surface area (Å²) in [6, 6.07) is 1.61. The van der Waals surface area contributed by atoms with Crippen molar-refractivity contribution in [1.82, 2.24) is 9.78 Å². The molecule has 0 bridgehead atoms. The molecule has 0 amide bonds. The molecule has 5 nitrogen and oxygen atoms in total. The van der Waals surface area contributed by atoms with E-state index < -0.39 is 20.7 Å². The normalized spacial score (nSPS) is 15.3. The topological polar surface area (TPSA) is 72.2 Å². The molecular formula is C9H16N2O3S. The van der Waals surface area contributed by atoms with Gasteiger partial charge in [-0.1, -0.05) is 0 Å². The lowest BCUT2D eigenvalue weighted by Gasteiger charge is -2.28. The van der Waals surface area contributed by atoms with Crippen molar-refractivity contribution in [1.29, 1.82) is 0 Å². The lowest BCUT2D eigenvalue weighted by molar-refractivity contribution is 0.130. The van der Waals surface area contributed by atoms with Gasteiger partial charge in [-0.3, -0.25) is 4.68 Å². The van der Waals surface area contributed by atoms with E-state index in [4.69, 9.17) is 0 Å². The van der Waals surface area contributed by atoms with Crippen LogP contribution in [0.1, 0.15) is 25.6 Å². The lowest BCUT2D eigenvalue weighted by atomic mass is 10.0. The molecule has 0 spiro atoms. The predicted molar refractivity (Wildman–Crippen MR) is 57.1 cm³/mol. The molecule has 0 aliphatic carbocycles. The quantitative estimate of drug-likeness (QED) is 0.812. The van der Waals surface area contributed by atoms with E-state index in [1.54, 1.807) is 13.1 Å². The molecule has 0 aliphatic heterocycles. The Morgan fingerprint density at radius 1 is 1.53 bits per heavy atom. The van der Waals surface area contributed by atoms with E-state index >= 15 is 0 Å². The van der Waals surface area contributed by atoms with Gasteiger partial charge in [-0.05, 0) is 19.9 Å². The fourth-order valence-electron chi connectivity index (χ4n) is 1.21. The number of aliphatic hydroxyl groups excluding tert-OH is 1. The Balaban J connectivity index is 3.16. The fourth-order valence-corrected chi connectivity index (χ4v) is 1.74. The highest BCUT2D eigenvalue weighted by molar-refractivity contribution is 7.92. The summed E-state index contributed by atoms with van der Waals surface area (Å²) in [5.41, 5.74) is 0.491. The molecule has 86 valence electrons. The molecule has 0 saturated carbocycles. The van der Waals surface area contributed by atoms with Gasteiger partial charge in [-0.15, -0.1) is 0 Å². The van der Waals surface area contributed by atoms with E-state index in [0.29, 0.717) is 5.69 Å². The van der Waals surface area contributed by atoms with Gasteiger partial charge in [0.2, 0.25) is 0 Å². The smallest absolute Gasteiger partial charge is 0.155 e. The van der Waals surface area contributed by atoms with Gasteiger partial charge in [-0.2, -0.15) is 5.10 Å². The molecule has 0 saturated heterocycles. The van der Waals surface area contributed by atoms with Crippen molar-refractivity contribution >= 4 is 9.84 Å². The van der Waals surface area contributed by atoms with E-state index in [0.717, 1.165) is 6.26 Å². The first-order chi connectivity index (χ1) is 6.68. The second-order valence-electron chi connectivity index (χ2n) is 4.16. The maximum atomic E-state index is 11.5. The van der Waals surface area contributed by atoms with Gasteiger partial charge in [0.25, 0.3) is 0 Å². The first-order valence-electron chi connectivity index (χ1n) is 4.53. The first kappa shape index (κ1) is 12.2. The Morgan fingerprint density at radius 3 is 2.40 bits per heavy atom. The Bertz CT molecular complexity index is 448. The van der Waals surface area contributed by atoms with Crippen LogP contribution in [0.4, 0.5) is 0 Å². The summed E-state index contributed by atoms with van der Waals surface area (Å²) >= 11 is 0. The number of aromatic nitrogens is 2. The van der Waals surface area contributed by atoms with Crippen molar-refractivity contribution in [3.8, 4) is 0 Å². The molecule has 6 heteroatoms. The minimum Gasteiger partial charge on any atom is -0.385 e. The van der Waals surface area contributed by atoms with Gasteiger partial charge in [-0.25, -0.2) is 8.42 Å². The molecule has 1 aromatic heterocycles. The number of nitrogens with zero attached hydrogens (tertiary/aromatic N) is 2. The largest absolute Gasteiger partial charge is 0.385 e. The van der Waals surface area contributed by atoms with Crippen LogP contribution in [-0.2, 0) is 16.9 Å². The van der Waals surface area contributed by atoms with E-state index in [2.05, 4.69) is 5.10 Å². The van der Waals surface area contributed by atoms with Gasteiger partial charge in [0.05, 0.1) is 10.4 Å². The second-order valence-corrected chi connectivity index (χ2v) is 6.75. The summed E-state index contributed by atoms with van der Waals surface area (Å²) in [5, 5.41) is 13.9. The molecule has 0 radical (unpaired) electrons. The summed E-state index contributed by atoms with van der Waals surface area (Å²) in [5.74, 6) is 0. The minimum absolute atomic E-state index is 0.491. The van der Waals surface area contributed by atoms with Crippen molar-refractivity contribution in [2.45, 2.75) is 24.7 Å². The molecule has 1 N–H and O–H groups in total. The van der Waals surface area contributed by atoms with Crippen molar-refractivity contribution in [3.05, 3.63) is 18.0 Å². The summed E-state index contributed by atoms with van der Waals surface area (Å²) in [7, 11) is -1.67. The monoisotopic (exact) mass is 232 g/mol. The highest BCUT2D eigenvalue weighted by atomic mass is 32.2. The van der Waals surface area contributed by atoms with E-state index in [9.17, 15) is 13.5 Å². The van der Waals surface area contributed by atoms with E-state index in [-0.39, 0.29) is 0 Å². The van der Waals surface area contributed by atoms with Crippen LogP contribution in [0.3, 0.4) is 0 Å². The molecule has 0 aromatic carbocycles. The number of aliphatic hydroxyl groups is 1. The highest BCUT2D eigenvalue weighted by Crippen LogP contribution is 2.31. The number of hydrogen-bond donors (Lipinski definition) is 1. The summed E-state index contributed by atoms with van der Waals surface area (Å²) in [4.78, 5) is 0. The Kier molecular flexibility index (Phi) is 2.93. The third kappa shape index (κ3) is 2.05. The maximum absolute atomic E-state index is 11.5. The van der Waals surface area contributed by atoms with Crippen LogP contribution in [0.5, 0.6) is 0 Å². The van der Waals surface area contributed by atoms with Crippen LogP contribution < -0.4 is 0 Å². The zero-order chi connectivity index (χ0) is 11.9. The van der Waals surface area contributed by atoms with Crippen LogP contribution in [-0.4, -0.2) is 34.3 Å². The summed E-state index contributed by atoms with van der Waals surface area (Å²) < 4.78 is 23.3. The molecule has 15 heavy (non-hydrogen) atoms. The lowest BCUT2D eigenvalue weighted by Crippen LogP contribution is -2.38. The highest BCUT2D eigenvalue weighted by Gasteiger charge is 2.40. The van der Waals surface area contributed by atoms with E-state index in [1.165, 1.54) is 24.7 Å². The van der Waals surface area contributed by atoms with Crippen molar-refractivity contribution < 1.29 is 13.5 Å². The second kappa shape index (κ2) is 3.61. The number of rotatable bonds is 3. The molecule has 1 heterocycles. The molecule has 1 aromatic rings. The van der Waals surface area contributed by atoms with Gasteiger partial charge in [0.1, 0.15) is 6.10 Å². The number of sulfone groups is 1. The van der Waals surface area contributed by atoms with Crippen LogP contribution in [0, 0.1) is 0 Å². The van der Waals surface area contributed by atoms with Crippen LogP contribution in [0.25, 0.3) is 0 Å². The SMILES string of the molecule is Cn1nccc1C(O)C(C)(C)S(C)(=O)=O. The van der Waals surface area contributed by atoms with Crippen molar-refractivity contribution in [2.24, 2.45) is 7.05 Å². The maximum Gasteiger partial charge on any atom is 0.155 e. The fraction of sp³-hybridized carbons (Fsp3) is 0.667. The molecule has 0 aliphatic rings. The minimum atomic E-state index is -3.34. The average Bonchev–Trinajstić information content (AvgIpc) is 2.48. The molecule has 1 rings (SSSR count). The van der Waals surface area contributed by atoms with Crippen LogP contribution >= 0.6 is 0 Å². The molecule has 1 atom stereocenters. The summed E-state index contributed by atoms with van der Waals surface area (Å²) in [6.45, 7) is 3.00. The Hall–Kier alpha value is -0.880. The van der Waals surface area contributed by atoms with E-state index in [1.807, 2.05) is 0 Å².